The number of hydrogen-bond donors (Lipinski definition) is 1. The highest BCUT2D eigenvalue weighted by molar-refractivity contribution is 7.98. The molecule has 0 fully saturated rings. The highest BCUT2D eigenvalue weighted by Gasteiger charge is 2.40. The van der Waals surface area contributed by atoms with Crippen molar-refractivity contribution in [1.82, 2.24) is 24.9 Å². The van der Waals surface area contributed by atoms with Gasteiger partial charge < -0.3 is 9.84 Å². The Morgan fingerprint density at radius 2 is 1.91 bits per heavy atom. The van der Waals surface area contributed by atoms with Crippen LogP contribution in [-0.4, -0.2) is 49.1 Å². The molecule has 0 spiro atoms. The molecular formula is C22H19F5N6OS. The molecule has 13 heteroatoms. The van der Waals surface area contributed by atoms with Gasteiger partial charge in [0, 0.05) is 11.6 Å². The van der Waals surface area contributed by atoms with Crippen LogP contribution < -0.4 is 5.32 Å². The van der Waals surface area contributed by atoms with Gasteiger partial charge in [-0.25, -0.2) is 18.7 Å². The van der Waals surface area contributed by atoms with E-state index in [-0.39, 0.29) is 30.2 Å². The fourth-order valence-electron chi connectivity index (χ4n) is 3.30. The van der Waals surface area contributed by atoms with E-state index in [0.717, 1.165) is 6.20 Å². The first-order valence-corrected chi connectivity index (χ1v) is 11.7. The molecular weight excluding hydrogens is 491 g/mol. The van der Waals surface area contributed by atoms with Crippen molar-refractivity contribution in [3.8, 4) is 22.9 Å². The molecule has 0 amide bonds. The number of alkyl halides is 3. The molecule has 184 valence electrons. The van der Waals surface area contributed by atoms with Gasteiger partial charge in [-0.1, -0.05) is 23.4 Å². The number of nitrogens with one attached hydrogen (secondary N) is 1. The van der Waals surface area contributed by atoms with Crippen molar-refractivity contribution in [2.24, 2.45) is 0 Å². The van der Waals surface area contributed by atoms with Gasteiger partial charge in [0.1, 0.15) is 29.5 Å². The molecule has 1 N–H and O–H groups in total. The van der Waals surface area contributed by atoms with Gasteiger partial charge in [-0.15, -0.1) is 0 Å². The molecule has 4 aromatic rings. The second kappa shape index (κ2) is 10.4. The van der Waals surface area contributed by atoms with Crippen LogP contribution in [0.2, 0.25) is 0 Å². The molecule has 4 rings (SSSR count). The third-order valence-electron chi connectivity index (χ3n) is 5.05. The summed E-state index contributed by atoms with van der Waals surface area (Å²) in [5.41, 5.74) is 1.29. The lowest BCUT2D eigenvalue weighted by atomic mass is 10.2. The molecule has 1 aromatic carbocycles. The smallest absolute Gasteiger partial charge is 0.364 e. The number of halogens is 5. The summed E-state index contributed by atoms with van der Waals surface area (Å²) in [5, 5.41) is 10.4. The zero-order valence-corrected chi connectivity index (χ0v) is 19.1. The van der Waals surface area contributed by atoms with Crippen LogP contribution in [0.25, 0.3) is 22.9 Å². The summed E-state index contributed by atoms with van der Waals surface area (Å²) in [4.78, 5) is 7.86. The first-order valence-electron chi connectivity index (χ1n) is 10.3. The minimum Gasteiger partial charge on any atom is -0.364 e. The van der Waals surface area contributed by atoms with Gasteiger partial charge in [0.25, 0.3) is 0 Å². The van der Waals surface area contributed by atoms with E-state index in [4.69, 9.17) is 4.52 Å². The van der Waals surface area contributed by atoms with Gasteiger partial charge in [0.05, 0.1) is 18.4 Å². The molecule has 0 aliphatic rings. The highest BCUT2D eigenvalue weighted by atomic mass is 32.2. The van der Waals surface area contributed by atoms with Crippen molar-refractivity contribution in [2.45, 2.75) is 25.2 Å². The number of thioether (sulfide) groups is 1. The van der Waals surface area contributed by atoms with Crippen LogP contribution in [0.1, 0.15) is 12.0 Å². The third kappa shape index (κ3) is 5.78. The molecule has 0 radical (unpaired) electrons. The summed E-state index contributed by atoms with van der Waals surface area (Å²) in [5.74, 6) is -1.96. The Hall–Kier alpha value is -3.48. The lowest BCUT2D eigenvalue weighted by Crippen LogP contribution is -2.37. The van der Waals surface area contributed by atoms with E-state index in [1.807, 2.05) is 0 Å². The summed E-state index contributed by atoms with van der Waals surface area (Å²) in [6.45, 7) is 0.0198. The largest absolute Gasteiger partial charge is 0.408 e. The predicted octanol–water partition coefficient (Wildman–Crippen LogP) is 5.42. The highest BCUT2D eigenvalue weighted by Crippen LogP contribution is 2.29. The SMILES string of the molecule is CSCCC(Nc1nc(-c2cc(-c3ccon3)n(Cc3ccccc3F)n2)ncc1F)C(F)(F)F. The Kier molecular flexibility index (Phi) is 7.34. The van der Waals surface area contributed by atoms with Crippen LogP contribution in [-0.2, 0) is 6.54 Å². The van der Waals surface area contributed by atoms with E-state index in [9.17, 15) is 22.0 Å². The minimum atomic E-state index is -4.60. The van der Waals surface area contributed by atoms with Crippen LogP contribution >= 0.6 is 11.8 Å². The zero-order valence-electron chi connectivity index (χ0n) is 18.3. The van der Waals surface area contributed by atoms with Crippen molar-refractivity contribution in [3.63, 3.8) is 0 Å². The van der Waals surface area contributed by atoms with E-state index in [2.05, 4.69) is 25.5 Å². The first-order chi connectivity index (χ1) is 16.8. The van der Waals surface area contributed by atoms with Crippen molar-refractivity contribution >= 4 is 17.6 Å². The summed E-state index contributed by atoms with van der Waals surface area (Å²) < 4.78 is 75.2. The number of benzene rings is 1. The van der Waals surface area contributed by atoms with Crippen molar-refractivity contribution in [3.05, 3.63) is 66.1 Å². The third-order valence-corrected chi connectivity index (χ3v) is 5.69. The minimum absolute atomic E-state index is 0.0198. The Morgan fingerprint density at radius 1 is 1.11 bits per heavy atom. The average molecular weight is 510 g/mol. The van der Waals surface area contributed by atoms with E-state index in [1.54, 1.807) is 30.5 Å². The van der Waals surface area contributed by atoms with Gasteiger partial charge in [0.15, 0.2) is 17.5 Å². The fraction of sp³-hybridized carbons (Fsp3) is 0.273. The number of anilines is 1. The van der Waals surface area contributed by atoms with Crippen LogP contribution in [0, 0.1) is 11.6 Å². The maximum atomic E-state index is 14.3. The van der Waals surface area contributed by atoms with E-state index >= 15 is 0 Å². The molecule has 1 atom stereocenters. The second-order valence-corrected chi connectivity index (χ2v) is 8.44. The van der Waals surface area contributed by atoms with Gasteiger partial charge in [-0.2, -0.15) is 30.0 Å². The van der Waals surface area contributed by atoms with E-state index in [1.165, 1.54) is 34.8 Å². The summed E-state index contributed by atoms with van der Waals surface area (Å²) in [7, 11) is 0. The molecule has 0 aliphatic carbocycles. The first kappa shape index (κ1) is 24.6. The molecule has 3 aromatic heterocycles. The summed E-state index contributed by atoms with van der Waals surface area (Å²) >= 11 is 1.25. The number of rotatable bonds is 9. The molecule has 0 bridgehead atoms. The Balaban J connectivity index is 1.70. The Labute approximate surface area is 200 Å². The number of aromatic nitrogens is 5. The van der Waals surface area contributed by atoms with Crippen molar-refractivity contribution in [2.75, 3.05) is 17.3 Å². The molecule has 0 aliphatic heterocycles. The van der Waals surface area contributed by atoms with Gasteiger partial charge in [0.2, 0.25) is 0 Å². The molecule has 3 heterocycles. The normalized spacial score (nSPS) is 12.6. The Bertz CT molecular complexity index is 1280. The second-order valence-electron chi connectivity index (χ2n) is 7.46. The summed E-state index contributed by atoms with van der Waals surface area (Å²) in [6, 6.07) is 7.22. The van der Waals surface area contributed by atoms with Crippen LogP contribution in [0.15, 0.2) is 53.4 Å². The average Bonchev–Trinajstić information content (AvgIpc) is 3.48. The monoisotopic (exact) mass is 510 g/mol. The summed E-state index contributed by atoms with van der Waals surface area (Å²) in [6.07, 6.45) is -1.07. The molecule has 35 heavy (non-hydrogen) atoms. The topological polar surface area (TPSA) is 81.7 Å². The lowest BCUT2D eigenvalue weighted by molar-refractivity contribution is -0.142. The standard InChI is InChI=1S/C22H19F5N6OS/c1-35-9-7-19(22(25,26)27)29-20-15(24)11-28-21(30-20)17-10-18(16-6-8-34-32-16)33(31-17)12-13-4-2-3-5-14(13)23/h2-6,8,10-11,19H,7,9,12H2,1H3,(H,28,29,30). The van der Waals surface area contributed by atoms with Gasteiger partial charge >= 0.3 is 6.18 Å². The van der Waals surface area contributed by atoms with Crippen molar-refractivity contribution in [1.29, 1.82) is 0 Å². The molecule has 0 saturated heterocycles. The number of nitrogens with zero attached hydrogens (tertiary/aromatic N) is 5. The van der Waals surface area contributed by atoms with Crippen molar-refractivity contribution < 1.29 is 26.5 Å². The van der Waals surface area contributed by atoms with Gasteiger partial charge in [-0.3, -0.25) is 4.68 Å². The zero-order chi connectivity index (χ0) is 25.0. The quantitative estimate of drug-likeness (QED) is 0.301. The maximum absolute atomic E-state index is 14.3. The molecule has 1 unspecified atom stereocenters. The maximum Gasteiger partial charge on any atom is 0.408 e. The van der Waals surface area contributed by atoms with E-state index in [0.29, 0.717) is 17.0 Å². The van der Waals surface area contributed by atoms with Gasteiger partial charge in [-0.05, 0) is 30.6 Å². The number of hydrogen-bond acceptors (Lipinski definition) is 7. The molecule has 7 nitrogen and oxygen atoms in total. The predicted molar refractivity (Wildman–Crippen MR) is 121 cm³/mol. The van der Waals surface area contributed by atoms with Crippen LogP contribution in [0.4, 0.5) is 27.8 Å². The van der Waals surface area contributed by atoms with Crippen LogP contribution in [0.3, 0.4) is 0 Å². The Morgan fingerprint density at radius 3 is 2.60 bits per heavy atom. The molecule has 0 saturated carbocycles. The van der Waals surface area contributed by atoms with E-state index < -0.39 is 29.7 Å². The fourth-order valence-corrected chi connectivity index (χ4v) is 3.77. The van der Waals surface area contributed by atoms with Crippen LogP contribution in [0.5, 0.6) is 0 Å². The lowest BCUT2D eigenvalue weighted by Gasteiger charge is -2.22.